The molecule has 6 aromatic rings. The van der Waals surface area contributed by atoms with Gasteiger partial charge < -0.3 is 31.3 Å². The first kappa shape index (κ1) is 87.0. The van der Waals surface area contributed by atoms with Gasteiger partial charge in [0, 0.05) is 54.0 Å². The van der Waals surface area contributed by atoms with Crippen LogP contribution in [0.1, 0.15) is 116 Å². The summed E-state index contributed by atoms with van der Waals surface area (Å²) in [6.07, 6.45) is -2.98. The normalized spacial score (nSPS) is 18.2. The Balaban J connectivity index is 0.000000772. The van der Waals surface area contributed by atoms with Gasteiger partial charge in [0.2, 0.25) is 11.8 Å². The fourth-order valence-electron chi connectivity index (χ4n) is 10.9. The van der Waals surface area contributed by atoms with Crippen LogP contribution in [0.25, 0.3) is 11.6 Å². The number of sulfonamides is 2. The number of nitrogens with one attached hydrogen (secondary N) is 3. The number of pyridine rings is 2. The van der Waals surface area contributed by atoms with E-state index in [1.54, 1.807) is 30.5 Å². The van der Waals surface area contributed by atoms with Gasteiger partial charge in [-0.25, -0.2) is 45.6 Å². The third-order valence-electron chi connectivity index (χ3n) is 16.1. The van der Waals surface area contributed by atoms with Gasteiger partial charge >= 0.3 is 115 Å². The Morgan fingerprint density at radius 2 is 1.10 bits per heavy atom. The average molecular weight is 1490 g/mol. The summed E-state index contributed by atoms with van der Waals surface area (Å²) in [5, 5.41) is 20.1. The summed E-state index contributed by atoms with van der Waals surface area (Å²) in [4.78, 5) is 47.8. The molecule has 510 valence electrons. The summed E-state index contributed by atoms with van der Waals surface area (Å²) in [6.45, 7) is 17.3. The molecule has 4 aliphatic rings. The second kappa shape index (κ2) is 35.8. The molecule has 0 radical (unpaired) electrons. The van der Waals surface area contributed by atoms with Gasteiger partial charge in [0.1, 0.15) is 11.0 Å². The SMILES string of the molecule is CC(COc1ccn(-c2ccc(C(=O)NS(=O)(=O)c3ccccc3)c(Cl)n2)n1)C1(C(F)(F)F)CC1.CC(COc1ccn(-c2ccc(C(=O)NS(=O)(=O)c3ccccc3)c(N3C[C@@H](C)CC3(C)C)n2)n1)C1(C(F)(F)F)CC1.C[C@@H]1CNC(C)(C)C1.Cl.O=CO[O-].S.S.[H-].[K+].[K+]. The fraction of sp³-hybridized carbons (Fsp3) is 0.475. The maximum atomic E-state index is 13.5. The molecular weight excluding hydrogens is 1420 g/mol. The standard InChI is InChI=1S/C29H34F3N5O4S.C22H20ClF3N4O4S.C7H15N.CH2O3.ClH.2K.2H2S.H/c1-19-16-27(3,4)36(17-19)25-22(26(38)35-42(39,40)21-8-6-5-7-9-21)10-11-23(33-25)37-15-12-24(34-37)41-18-20(2)28(13-14-28)29(30,31)32;1-14(21(10-11-21)22(24,25)26)13-34-18-9-12-30(28-18)17-8-7-16(19(23)27-17)20(31)29-35(32,33)15-5-3-2-4-6-15;1-6-4-7(2,3)8-5-6;2-1-4-3;;;;;;/h5-12,15,19-20H,13-14,16-18H2,1-4H3,(H,35,38);2-9,12,14H,10-11,13H2,1H3,(H,29,31);6,8H,4-5H2,1-3H3;1,3H;1H;;;2*1H2;/q;;;;;2*+1;;;-1/p-1/t19-,20?;;6-;;;;;;;/m0.0......./s1. The first-order valence-electron chi connectivity index (χ1n) is 28.3. The molecule has 0 spiro atoms. The molecule has 2 aromatic carbocycles. The molecule has 21 nitrogen and oxygen atoms in total. The van der Waals surface area contributed by atoms with Crippen LogP contribution in [0, 0.1) is 34.5 Å². The summed E-state index contributed by atoms with van der Waals surface area (Å²) < 4.78 is 148. The van der Waals surface area contributed by atoms with Crippen molar-refractivity contribution in [3.63, 3.8) is 0 Å². The minimum atomic E-state index is -4.27. The van der Waals surface area contributed by atoms with Crippen LogP contribution in [0.5, 0.6) is 11.8 Å². The first-order chi connectivity index (χ1) is 41.6. The second-order valence-electron chi connectivity index (χ2n) is 24.0. The van der Waals surface area contributed by atoms with Crippen molar-refractivity contribution in [2.75, 3.05) is 31.2 Å². The molecule has 2 saturated carbocycles. The summed E-state index contributed by atoms with van der Waals surface area (Å²) in [7, 11) is -8.23. The van der Waals surface area contributed by atoms with E-state index in [9.17, 15) is 52.8 Å². The fourth-order valence-corrected chi connectivity index (χ4v) is 13.1. The van der Waals surface area contributed by atoms with Crippen molar-refractivity contribution in [2.24, 2.45) is 34.5 Å². The van der Waals surface area contributed by atoms with Crippen LogP contribution in [-0.4, -0.2) is 114 Å². The van der Waals surface area contributed by atoms with Gasteiger partial charge in [-0.15, -0.1) is 22.6 Å². The Labute approximate surface area is 654 Å². The smallest absolute Gasteiger partial charge is 1.00 e. The average Bonchev–Trinajstić information content (AvgIpc) is 1.61. The summed E-state index contributed by atoms with van der Waals surface area (Å²) >= 11 is 6.11. The number of hydrogen-bond acceptors (Lipinski definition) is 17. The van der Waals surface area contributed by atoms with Crippen LogP contribution in [-0.2, 0) is 29.7 Å². The number of rotatable bonds is 18. The number of ether oxygens (including phenoxy) is 2. The van der Waals surface area contributed by atoms with Crippen molar-refractivity contribution >= 4 is 95.2 Å². The molecule has 3 N–H and O–H groups in total. The maximum absolute atomic E-state index is 13.5. The molecule has 0 bridgehead atoms. The summed E-state index contributed by atoms with van der Waals surface area (Å²) in [5.74, 6) is -0.989. The predicted molar refractivity (Wildman–Crippen MR) is 342 cm³/mol. The van der Waals surface area contributed by atoms with Crippen LogP contribution in [0.2, 0.25) is 5.15 Å². The number of amides is 2. The van der Waals surface area contributed by atoms with Gasteiger partial charge in [0.25, 0.3) is 38.3 Å². The van der Waals surface area contributed by atoms with Crippen LogP contribution < -0.4 is 137 Å². The Morgan fingerprint density at radius 3 is 1.43 bits per heavy atom. The first-order valence-corrected chi connectivity index (χ1v) is 31.6. The number of nitrogens with zero attached hydrogens (tertiary/aromatic N) is 7. The minimum Gasteiger partial charge on any atom is -1.00 e. The summed E-state index contributed by atoms with van der Waals surface area (Å²) in [5.41, 5.74) is -3.44. The topological polar surface area (TPSA) is 271 Å². The van der Waals surface area contributed by atoms with E-state index in [1.807, 2.05) is 23.5 Å². The third-order valence-corrected chi connectivity index (χ3v) is 19.0. The molecule has 35 heteroatoms. The molecule has 2 saturated heterocycles. The van der Waals surface area contributed by atoms with Gasteiger partial charge in [-0.1, -0.05) is 75.7 Å². The number of carbonyl (C=O) groups excluding carboxylic acids is 3. The maximum Gasteiger partial charge on any atom is 1.00 e. The Kier molecular flexibility index (Phi) is 33.1. The monoisotopic (exact) mass is 1490 g/mol. The zero-order chi connectivity index (χ0) is 65.5. The molecular formula is C59H76Cl2F6K2N10O11S4. The molecule has 94 heavy (non-hydrogen) atoms. The van der Waals surface area contributed by atoms with E-state index >= 15 is 0 Å². The van der Waals surface area contributed by atoms with Crippen LogP contribution >= 0.6 is 51.0 Å². The van der Waals surface area contributed by atoms with Gasteiger partial charge in [-0.2, -0.15) is 53.3 Å². The largest absolute Gasteiger partial charge is 1.00 e. The van der Waals surface area contributed by atoms with E-state index in [1.165, 1.54) is 115 Å². The number of aromatic nitrogens is 6. The zero-order valence-corrected chi connectivity index (χ0v) is 64.8. The molecule has 4 fully saturated rings. The molecule has 4 atom stereocenters. The van der Waals surface area contributed by atoms with Crippen molar-refractivity contribution in [3.05, 3.63) is 126 Å². The second-order valence-corrected chi connectivity index (χ2v) is 27.7. The van der Waals surface area contributed by atoms with E-state index in [0.29, 0.717) is 29.6 Å². The van der Waals surface area contributed by atoms with Gasteiger partial charge in [0.05, 0.1) is 45.0 Å². The Bertz CT molecular complexity index is 3700. The molecule has 2 aliphatic heterocycles. The molecule has 6 heterocycles. The van der Waals surface area contributed by atoms with Crippen LogP contribution in [0.15, 0.2) is 119 Å². The van der Waals surface area contributed by atoms with E-state index in [4.69, 9.17) is 36.1 Å². The molecule has 2 aliphatic carbocycles. The number of carbonyl (C=O) groups is 3. The van der Waals surface area contributed by atoms with E-state index < -0.39 is 66.9 Å². The van der Waals surface area contributed by atoms with Gasteiger partial charge in [-0.3, -0.25) is 14.4 Å². The minimum absolute atomic E-state index is 0. The van der Waals surface area contributed by atoms with E-state index in [-0.39, 0.29) is 238 Å². The van der Waals surface area contributed by atoms with Gasteiger partial charge in [-0.05, 0) is 133 Å². The predicted octanol–water partition coefficient (Wildman–Crippen LogP) is 4.36. The zero-order valence-electron chi connectivity index (χ0n) is 54.3. The number of benzene rings is 2. The summed E-state index contributed by atoms with van der Waals surface area (Å²) in [6, 6.07) is 23.7. The van der Waals surface area contributed by atoms with Crippen molar-refractivity contribution in [2.45, 2.75) is 127 Å². The van der Waals surface area contributed by atoms with E-state index in [2.05, 4.69) is 57.8 Å². The molecule has 4 aromatic heterocycles. The molecule has 2 amide bonds. The number of halogens is 8. The van der Waals surface area contributed by atoms with Crippen molar-refractivity contribution < 1.29 is 181 Å². The molecule has 2 unspecified atom stereocenters. The Hall–Kier alpha value is -3.08. The van der Waals surface area contributed by atoms with Crippen LogP contribution in [0.3, 0.4) is 0 Å². The molecule has 10 rings (SSSR count). The van der Waals surface area contributed by atoms with Crippen LogP contribution in [0.4, 0.5) is 32.2 Å². The third kappa shape index (κ3) is 22.2. The van der Waals surface area contributed by atoms with Gasteiger partial charge in [0.15, 0.2) is 11.6 Å². The van der Waals surface area contributed by atoms with Crippen molar-refractivity contribution in [1.82, 2.24) is 44.3 Å². The Morgan fingerprint density at radius 1 is 0.691 bits per heavy atom. The quantitative estimate of drug-likeness (QED) is 0.0269. The van der Waals surface area contributed by atoms with Crippen molar-refractivity contribution in [3.8, 4) is 23.4 Å². The number of hydrogen-bond donors (Lipinski definition) is 3. The number of anilines is 1. The van der Waals surface area contributed by atoms with E-state index in [0.717, 1.165) is 12.3 Å². The number of alkyl halides is 6. The van der Waals surface area contributed by atoms with Crippen molar-refractivity contribution in [1.29, 1.82) is 0 Å².